The van der Waals surface area contributed by atoms with Crippen LogP contribution in [0.5, 0.6) is 0 Å². The quantitative estimate of drug-likeness (QED) is 0.700. The number of nitrogen functional groups attached to an aromatic ring is 1. The van der Waals surface area contributed by atoms with E-state index >= 15 is 0 Å². The summed E-state index contributed by atoms with van der Waals surface area (Å²) in [5, 5.41) is 3.34. The Labute approximate surface area is 135 Å². The normalized spacial score (nSPS) is 11.7. The lowest BCUT2D eigenvalue weighted by Gasteiger charge is -2.15. The van der Waals surface area contributed by atoms with Crippen molar-refractivity contribution >= 4 is 22.7 Å². The molecule has 0 radical (unpaired) electrons. The summed E-state index contributed by atoms with van der Waals surface area (Å²) in [6.07, 6.45) is -2.97. The minimum atomic E-state index is -4.49. The first-order valence-corrected chi connectivity index (χ1v) is 7.09. The van der Waals surface area contributed by atoms with Gasteiger partial charge in [0.25, 0.3) is 0 Å². The van der Waals surface area contributed by atoms with Gasteiger partial charge in [-0.15, -0.1) is 0 Å². The summed E-state index contributed by atoms with van der Waals surface area (Å²) in [7, 11) is 1.67. The number of nitrogens with two attached hydrogens (primary N) is 1. The molecule has 3 N–H and O–H groups in total. The van der Waals surface area contributed by atoms with E-state index in [9.17, 15) is 13.2 Å². The molecule has 0 aliphatic heterocycles. The lowest BCUT2D eigenvalue weighted by Crippen LogP contribution is -2.08. The lowest BCUT2D eigenvalue weighted by molar-refractivity contribution is -0.137. The molecular weight excluding hydrogens is 319 g/mol. The highest BCUT2D eigenvalue weighted by molar-refractivity contribution is 5.84. The van der Waals surface area contributed by atoms with E-state index in [2.05, 4.69) is 20.3 Å². The molecule has 2 aromatic heterocycles. The van der Waals surface area contributed by atoms with E-state index in [0.29, 0.717) is 28.2 Å². The van der Waals surface area contributed by atoms with E-state index in [4.69, 9.17) is 5.73 Å². The Morgan fingerprint density at radius 3 is 2.50 bits per heavy atom. The number of rotatable bonds is 2. The SMILES string of the molecule is CNc1ncc2cc(-c3cc(N)ccc3C(F)(F)F)c(C)nc2n1. The maximum absolute atomic E-state index is 13.3. The summed E-state index contributed by atoms with van der Waals surface area (Å²) in [5.41, 5.74) is 6.36. The molecule has 8 heteroatoms. The fourth-order valence-electron chi connectivity index (χ4n) is 2.48. The van der Waals surface area contributed by atoms with Crippen molar-refractivity contribution in [1.29, 1.82) is 0 Å². The fraction of sp³-hybridized carbons (Fsp3) is 0.188. The zero-order valence-corrected chi connectivity index (χ0v) is 12.9. The maximum Gasteiger partial charge on any atom is 0.417 e. The monoisotopic (exact) mass is 333 g/mol. The van der Waals surface area contributed by atoms with Crippen LogP contribution in [0, 0.1) is 6.92 Å². The first-order chi connectivity index (χ1) is 11.3. The van der Waals surface area contributed by atoms with Gasteiger partial charge in [0.05, 0.1) is 5.56 Å². The number of alkyl halides is 3. The summed E-state index contributed by atoms with van der Waals surface area (Å²) in [6, 6.07) is 5.12. The van der Waals surface area contributed by atoms with Crippen LogP contribution in [0.2, 0.25) is 0 Å². The molecular formula is C16H14F3N5. The number of aryl methyl sites for hydroxylation is 1. The van der Waals surface area contributed by atoms with Crippen molar-refractivity contribution in [3.63, 3.8) is 0 Å². The number of pyridine rings is 1. The van der Waals surface area contributed by atoms with Gasteiger partial charge in [-0.25, -0.2) is 9.97 Å². The number of benzene rings is 1. The lowest BCUT2D eigenvalue weighted by atomic mass is 9.97. The minimum Gasteiger partial charge on any atom is -0.399 e. The summed E-state index contributed by atoms with van der Waals surface area (Å²) >= 11 is 0. The second kappa shape index (κ2) is 5.63. The molecule has 0 atom stereocenters. The maximum atomic E-state index is 13.3. The van der Waals surface area contributed by atoms with Crippen LogP contribution < -0.4 is 11.1 Å². The third kappa shape index (κ3) is 2.82. The smallest absolute Gasteiger partial charge is 0.399 e. The van der Waals surface area contributed by atoms with E-state index in [-0.39, 0.29) is 11.3 Å². The van der Waals surface area contributed by atoms with E-state index in [1.165, 1.54) is 18.3 Å². The first-order valence-electron chi connectivity index (χ1n) is 7.09. The van der Waals surface area contributed by atoms with Gasteiger partial charge < -0.3 is 11.1 Å². The van der Waals surface area contributed by atoms with E-state index in [1.54, 1.807) is 20.0 Å². The van der Waals surface area contributed by atoms with E-state index in [0.717, 1.165) is 6.07 Å². The second-order valence-corrected chi connectivity index (χ2v) is 5.28. The van der Waals surface area contributed by atoms with Crippen molar-refractivity contribution in [2.45, 2.75) is 13.1 Å². The predicted octanol–water partition coefficient (Wildman–Crippen LogP) is 3.64. The van der Waals surface area contributed by atoms with Gasteiger partial charge in [-0.05, 0) is 36.8 Å². The molecule has 0 spiro atoms. The Kier molecular flexibility index (Phi) is 3.75. The highest BCUT2D eigenvalue weighted by Gasteiger charge is 2.34. The Hall–Kier alpha value is -2.90. The van der Waals surface area contributed by atoms with E-state index < -0.39 is 11.7 Å². The highest BCUT2D eigenvalue weighted by atomic mass is 19.4. The number of anilines is 2. The molecule has 3 aromatic rings. The largest absolute Gasteiger partial charge is 0.417 e. The third-order valence-electron chi connectivity index (χ3n) is 3.62. The van der Waals surface area contributed by atoms with Crippen LogP contribution in [-0.2, 0) is 6.18 Å². The average Bonchev–Trinajstić information content (AvgIpc) is 2.52. The zero-order valence-electron chi connectivity index (χ0n) is 12.9. The van der Waals surface area contributed by atoms with Crippen molar-refractivity contribution in [3.8, 4) is 11.1 Å². The van der Waals surface area contributed by atoms with Crippen molar-refractivity contribution in [2.75, 3.05) is 18.1 Å². The molecule has 0 unspecified atom stereocenters. The highest BCUT2D eigenvalue weighted by Crippen LogP contribution is 2.39. The van der Waals surface area contributed by atoms with Gasteiger partial charge in [-0.3, -0.25) is 0 Å². The summed E-state index contributed by atoms with van der Waals surface area (Å²) in [4.78, 5) is 12.6. The summed E-state index contributed by atoms with van der Waals surface area (Å²) < 4.78 is 39.9. The van der Waals surface area contributed by atoms with Crippen LogP contribution in [0.1, 0.15) is 11.3 Å². The van der Waals surface area contributed by atoms with Gasteiger partial charge >= 0.3 is 6.18 Å². The molecule has 2 heterocycles. The molecule has 0 saturated heterocycles. The molecule has 0 bridgehead atoms. The van der Waals surface area contributed by atoms with Crippen molar-refractivity contribution in [3.05, 3.63) is 41.7 Å². The molecule has 0 amide bonds. The van der Waals surface area contributed by atoms with Crippen molar-refractivity contribution < 1.29 is 13.2 Å². The van der Waals surface area contributed by atoms with Crippen LogP contribution >= 0.6 is 0 Å². The van der Waals surface area contributed by atoms with Crippen molar-refractivity contribution in [1.82, 2.24) is 15.0 Å². The zero-order chi connectivity index (χ0) is 17.5. The number of nitrogens with one attached hydrogen (secondary N) is 1. The molecule has 1 aromatic carbocycles. The fourth-order valence-corrected chi connectivity index (χ4v) is 2.48. The molecule has 5 nitrogen and oxygen atoms in total. The Morgan fingerprint density at radius 2 is 1.83 bits per heavy atom. The van der Waals surface area contributed by atoms with Crippen LogP contribution in [0.15, 0.2) is 30.5 Å². The van der Waals surface area contributed by atoms with Gasteiger partial charge in [0.2, 0.25) is 5.95 Å². The van der Waals surface area contributed by atoms with Crippen LogP contribution in [0.25, 0.3) is 22.2 Å². The van der Waals surface area contributed by atoms with Gasteiger partial charge in [-0.1, -0.05) is 0 Å². The second-order valence-electron chi connectivity index (χ2n) is 5.28. The van der Waals surface area contributed by atoms with Crippen LogP contribution in [0.3, 0.4) is 0 Å². The molecule has 124 valence electrons. The van der Waals surface area contributed by atoms with Crippen molar-refractivity contribution in [2.24, 2.45) is 0 Å². The van der Waals surface area contributed by atoms with Crippen LogP contribution in [-0.4, -0.2) is 22.0 Å². The Bertz CT molecular complexity index is 921. The standard InChI is InChI=1S/C16H14F3N5/c1-8-11(5-9-7-22-15(21-2)24-14(9)23-8)12-6-10(20)3-4-13(12)16(17,18)19/h3-7H,20H2,1-2H3,(H,21,22,23,24). The Morgan fingerprint density at radius 1 is 1.08 bits per heavy atom. The predicted molar refractivity (Wildman–Crippen MR) is 86.5 cm³/mol. The number of hydrogen-bond acceptors (Lipinski definition) is 5. The number of halogens is 3. The average molecular weight is 333 g/mol. The first kappa shape index (κ1) is 16.0. The summed E-state index contributed by atoms with van der Waals surface area (Å²) in [5.74, 6) is 0.391. The summed E-state index contributed by atoms with van der Waals surface area (Å²) in [6.45, 7) is 1.64. The molecule has 0 aliphatic carbocycles. The molecule has 0 fully saturated rings. The number of nitrogens with zero attached hydrogens (tertiary/aromatic N) is 3. The van der Waals surface area contributed by atoms with Gasteiger partial charge in [-0.2, -0.15) is 18.2 Å². The van der Waals surface area contributed by atoms with E-state index in [1.807, 2.05) is 0 Å². The molecule has 24 heavy (non-hydrogen) atoms. The van der Waals surface area contributed by atoms with Gasteiger partial charge in [0, 0.05) is 35.6 Å². The van der Waals surface area contributed by atoms with Gasteiger partial charge in [0.15, 0.2) is 5.65 Å². The van der Waals surface area contributed by atoms with Gasteiger partial charge in [0.1, 0.15) is 0 Å². The minimum absolute atomic E-state index is 0.00732. The molecule has 0 saturated carbocycles. The number of fused-ring (bicyclic) bond motifs is 1. The molecule has 3 rings (SSSR count). The topological polar surface area (TPSA) is 76.7 Å². The van der Waals surface area contributed by atoms with Crippen LogP contribution in [0.4, 0.5) is 24.8 Å². The number of hydrogen-bond donors (Lipinski definition) is 2. The third-order valence-corrected chi connectivity index (χ3v) is 3.62. The molecule has 0 aliphatic rings. The number of aromatic nitrogens is 3. The Balaban J connectivity index is 2.27.